The van der Waals surface area contributed by atoms with E-state index >= 15 is 0 Å². The van der Waals surface area contributed by atoms with E-state index in [0.717, 1.165) is 32.0 Å². The first kappa shape index (κ1) is 20.9. The van der Waals surface area contributed by atoms with Crippen molar-refractivity contribution in [3.63, 3.8) is 0 Å². The molecule has 0 saturated carbocycles. The maximum absolute atomic E-state index is 12.3. The van der Waals surface area contributed by atoms with Crippen molar-refractivity contribution in [1.82, 2.24) is 4.98 Å². The Balaban J connectivity index is 0.00000144. The van der Waals surface area contributed by atoms with Gasteiger partial charge in [0.15, 0.2) is 0 Å². The number of rotatable bonds is 3. The second kappa shape index (κ2) is 9.39. The number of nitrogens with zero attached hydrogens (tertiary/aromatic N) is 2. The van der Waals surface area contributed by atoms with E-state index in [2.05, 4.69) is 15.2 Å². The lowest BCUT2D eigenvalue weighted by Crippen LogP contribution is -2.54. The van der Waals surface area contributed by atoms with Crippen LogP contribution in [0.15, 0.2) is 18.3 Å². The summed E-state index contributed by atoms with van der Waals surface area (Å²) >= 11 is 0. The summed E-state index contributed by atoms with van der Waals surface area (Å²) in [6, 6.07) is 3.77. The normalized spacial score (nSPS) is 19.6. The van der Waals surface area contributed by atoms with Gasteiger partial charge in [-0.25, -0.2) is 4.98 Å². The molecule has 3 heterocycles. The molecule has 0 aromatic carbocycles. The third-order valence-electron chi connectivity index (χ3n) is 4.20. The van der Waals surface area contributed by atoms with Crippen molar-refractivity contribution in [2.75, 3.05) is 49.7 Å². The van der Waals surface area contributed by atoms with Crippen LogP contribution in [0.25, 0.3) is 0 Å². The van der Waals surface area contributed by atoms with Crippen LogP contribution in [-0.2, 0) is 14.3 Å². The highest BCUT2D eigenvalue weighted by atomic mass is 35.5. The van der Waals surface area contributed by atoms with Crippen molar-refractivity contribution in [3.05, 3.63) is 18.3 Å². The van der Waals surface area contributed by atoms with Gasteiger partial charge in [-0.2, -0.15) is 0 Å². The van der Waals surface area contributed by atoms with Crippen molar-refractivity contribution in [3.8, 4) is 0 Å². The summed E-state index contributed by atoms with van der Waals surface area (Å²) in [5, 5.41) is 2.81. The van der Waals surface area contributed by atoms with E-state index in [1.54, 1.807) is 6.20 Å². The van der Waals surface area contributed by atoms with Gasteiger partial charge in [0.05, 0.1) is 25.1 Å². The van der Waals surface area contributed by atoms with Gasteiger partial charge in [-0.3, -0.25) is 4.79 Å². The van der Waals surface area contributed by atoms with Crippen molar-refractivity contribution in [2.45, 2.75) is 18.4 Å². The van der Waals surface area contributed by atoms with E-state index in [-0.39, 0.29) is 30.7 Å². The third kappa shape index (κ3) is 4.94. The maximum atomic E-state index is 12.3. The molecule has 3 N–H and O–H groups in total. The van der Waals surface area contributed by atoms with E-state index in [4.69, 9.17) is 15.2 Å². The molecule has 3 rings (SSSR count). The molecule has 2 aliphatic heterocycles. The van der Waals surface area contributed by atoms with Crippen LogP contribution in [-0.4, -0.2) is 55.9 Å². The first-order valence-electron chi connectivity index (χ1n) is 7.64. The zero-order valence-corrected chi connectivity index (χ0v) is 15.0. The van der Waals surface area contributed by atoms with Gasteiger partial charge in [-0.05, 0) is 25.0 Å². The third-order valence-corrected chi connectivity index (χ3v) is 4.20. The predicted molar refractivity (Wildman–Crippen MR) is 97.4 cm³/mol. The molecule has 0 aliphatic carbocycles. The molecule has 0 radical (unpaired) electrons. The number of ether oxygens (including phenoxy) is 2. The Morgan fingerprint density at radius 3 is 2.33 bits per heavy atom. The van der Waals surface area contributed by atoms with Gasteiger partial charge in [0.2, 0.25) is 5.91 Å². The molecule has 2 aliphatic rings. The molecule has 24 heavy (non-hydrogen) atoms. The Morgan fingerprint density at radius 1 is 1.12 bits per heavy atom. The minimum absolute atomic E-state index is 0. The molecule has 0 spiro atoms. The Hall–Kier alpha value is -1.12. The summed E-state index contributed by atoms with van der Waals surface area (Å²) in [5.41, 5.74) is 6.33. The topological polar surface area (TPSA) is 89.7 Å². The molecule has 136 valence electrons. The lowest BCUT2D eigenvalue weighted by atomic mass is 9.90. The largest absolute Gasteiger partial charge is 0.381 e. The molecular formula is C15H24Cl2N4O3. The molecule has 1 aromatic rings. The lowest BCUT2D eigenvalue weighted by Gasteiger charge is -2.31. The number of hydrogen-bond donors (Lipinski definition) is 2. The fraction of sp³-hybridized carbons (Fsp3) is 0.600. The summed E-state index contributed by atoms with van der Waals surface area (Å²) in [6.07, 6.45) is 2.84. The second-order valence-electron chi connectivity index (χ2n) is 5.72. The van der Waals surface area contributed by atoms with Crippen LogP contribution in [0.5, 0.6) is 0 Å². The van der Waals surface area contributed by atoms with Gasteiger partial charge in [-0.1, -0.05) is 0 Å². The van der Waals surface area contributed by atoms with Gasteiger partial charge in [0.25, 0.3) is 0 Å². The lowest BCUT2D eigenvalue weighted by molar-refractivity contribution is -0.124. The smallest absolute Gasteiger partial charge is 0.245 e. The van der Waals surface area contributed by atoms with Gasteiger partial charge in [-0.15, -0.1) is 24.8 Å². The zero-order chi connectivity index (χ0) is 15.4. The summed E-state index contributed by atoms with van der Waals surface area (Å²) in [6.45, 7) is 4.23. The van der Waals surface area contributed by atoms with Crippen molar-refractivity contribution >= 4 is 42.2 Å². The number of carbonyl (C=O) groups is 1. The predicted octanol–water partition coefficient (Wildman–Crippen LogP) is 1.21. The quantitative estimate of drug-likeness (QED) is 0.821. The van der Waals surface area contributed by atoms with Crippen LogP contribution in [0, 0.1) is 0 Å². The van der Waals surface area contributed by atoms with Gasteiger partial charge in [0, 0.05) is 26.3 Å². The standard InChI is InChI=1S/C15H22N4O3.2ClH/c16-15(3-7-21-8-4-15)14(20)18-13-2-1-12(11-17-13)19-5-9-22-10-6-19;;/h1-2,11H,3-10,16H2,(H,17,18,20);2*1H. The zero-order valence-electron chi connectivity index (χ0n) is 13.4. The highest BCUT2D eigenvalue weighted by Crippen LogP contribution is 2.21. The number of hydrogen-bond acceptors (Lipinski definition) is 6. The first-order valence-corrected chi connectivity index (χ1v) is 7.64. The number of amides is 1. The Bertz CT molecular complexity index is 518. The molecule has 0 unspecified atom stereocenters. The average molecular weight is 379 g/mol. The van der Waals surface area contributed by atoms with E-state index in [9.17, 15) is 4.79 Å². The number of nitrogens with two attached hydrogens (primary N) is 1. The molecule has 1 aromatic heterocycles. The molecule has 7 nitrogen and oxygen atoms in total. The van der Waals surface area contributed by atoms with Crippen LogP contribution in [0.3, 0.4) is 0 Å². The van der Waals surface area contributed by atoms with Crippen LogP contribution >= 0.6 is 24.8 Å². The monoisotopic (exact) mass is 378 g/mol. The molecule has 9 heteroatoms. The number of pyridine rings is 1. The molecule has 2 saturated heterocycles. The highest BCUT2D eigenvalue weighted by Gasteiger charge is 2.36. The number of anilines is 2. The number of nitrogens with one attached hydrogen (secondary N) is 1. The number of morpholine rings is 1. The summed E-state index contributed by atoms with van der Waals surface area (Å²) in [5.74, 6) is 0.334. The van der Waals surface area contributed by atoms with Crippen LogP contribution in [0.4, 0.5) is 11.5 Å². The fourth-order valence-corrected chi connectivity index (χ4v) is 2.67. The molecule has 0 atom stereocenters. The number of aromatic nitrogens is 1. The van der Waals surface area contributed by atoms with E-state index in [1.165, 1.54) is 0 Å². The van der Waals surface area contributed by atoms with Crippen LogP contribution < -0.4 is 16.0 Å². The number of carbonyl (C=O) groups excluding carboxylic acids is 1. The van der Waals surface area contributed by atoms with E-state index in [1.807, 2.05) is 12.1 Å². The van der Waals surface area contributed by atoms with E-state index in [0.29, 0.717) is 31.9 Å². The van der Waals surface area contributed by atoms with Crippen LogP contribution in [0.2, 0.25) is 0 Å². The molecule has 1 amide bonds. The van der Waals surface area contributed by atoms with Gasteiger partial charge >= 0.3 is 0 Å². The highest BCUT2D eigenvalue weighted by molar-refractivity contribution is 5.97. The van der Waals surface area contributed by atoms with E-state index < -0.39 is 5.54 Å². The van der Waals surface area contributed by atoms with Gasteiger partial charge in [0.1, 0.15) is 11.4 Å². The van der Waals surface area contributed by atoms with Gasteiger partial charge < -0.3 is 25.4 Å². The summed E-state index contributed by atoms with van der Waals surface area (Å²) in [4.78, 5) is 18.8. The first-order chi connectivity index (χ1) is 10.7. The maximum Gasteiger partial charge on any atom is 0.245 e. The Kier molecular flexibility index (Phi) is 8.18. The summed E-state index contributed by atoms with van der Waals surface area (Å²) < 4.78 is 10.6. The Morgan fingerprint density at radius 2 is 1.75 bits per heavy atom. The molecular weight excluding hydrogens is 355 g/mol. The number of halogens is 2. The fourth-order valence-electron chi connectivity index (χ4n) is 2.67. The Labute approximate surface area is 154 Å². The molecule has 0 bridgehead atoms. The second-order valence-corrected chi connectivity index (χ2v) is 5.72. The molecule has 2 fully saturated rings. The minimum Gasteiger partial charge on any atom is -0.381 e. The van der Waals surface area contributed by atoms with Crippen molar-refractivity contribution in [1.29, 1.82) is 0 Å². The average Bonchev–Trinajstić information content (AvgIpc) is 2.57. The minimum atomic E-state index is -0.858. The summed E-state index contributed by atoms with van der Waals surface area (Å²) in [7, 11) is 0. The SMILES string of the molecule is Cl.Cl.NC1(C(=O)Nc2ccc(N3CCOCC3)cn2)CCOCC1. The van der Waals surface area contributed by atoms with Crippen molar-refractivity contribution < 1.29 is 14.3 Å². The van der Waals surface area contributed by atoms with Crippen LogP contribution in [0.1, 0.15) is 12.8 Å². The van der Waals surface area contributed by atoms with Crippen molar-refractivity contribution in [2.24, 2.45) is 5.73 Å².